The van der Waals surface area contributed by atoms with Gasteiger partial charge in [-0.1, -0.05) is 11.6 Å². The third-order valence-corrected chi connectivity index (χ3v) is 3.73. The normalized spacial score (nSPS) is 19.9. The fourth-order valence-corrected chi connectivity index (χ4v) is 2.62. The first-order valence-electron chi connectivity index (χ1n) is 6.13. The van der Waals surface area contributed by atoms with Crippen LogP contribution in [0.5, 0.6) is 0 Å². The number of likely N-dealkylation sites (N-methyl/N-ethyl adjacent to an activating group) is 1. The van der Waals surface area contributed by atoms with E-state index in [0.29, 0.717) is 16.6 Å². The van der Waals surface area contributed by atoms with Crippen molar-refractivity contribution in [3.05, 3.63) is 28.8 Å². The first kappa shape index (κ1) is 13.2. The Morgan fingerprint density at radius 1 is 1.56 bits per heavy atom. The molecule has 1 aromatic rings. The molecule has 1 unspecified atom stereocenters. The number of carbonyl (C=O) groups is 1. The summed E-state index contributed by atoms with van der Waals surface area (Å²) in [6, 6.07) is 5.93. The van der Waals surface area contributed by atoms with E-state index >= 15 is 0 Å². The van der Waals surface area contributed by atoms with Crippen LogP contribution in [0.15, 0.2) is 18.2 Å². The zero-order chi connectivity index (χ0) is 13.1. The smallest absolute Gasteiger partial charge is 0.250 e. The fourth-order valence-electron chi connectivity index (χ4n) is 2.35. The molecule has 98 valence electrons. The molecule has 3 N–H and O–H groups in total. The van der Waals surface area contributed by atoms with Gasteiger partial charge in [0.25, 0.3) is 0 Å². The van der Waals surface area contributed by atoms with Gasteiger partial charge in [-0.3, -0.25) is 4.79 Å². The molecule has 0 bridgehead atoms. The summed E-state index contributed by atoms with van der Waals surface area (Å²) in [4.78, 5) is 13.4. The van der Waals surface area contributed by atoms with E-state index in [1.54, 1.807) is 6.07 Å². The van der Waals surface area contributed by atoms with E-state index in [0.717, 1.165) is 25.2 Å². The van der Waals surface area contributed by atoms with Gasteiger partial charge in [-0.25, -0.2) is 0 Å². The van der Waals surface area contributed by atoms with Gasteiger partial charge in [0.15, 0.2) is 0 Å². The van der Waals surface area contributed by atoms with E-state index in [2.05, 4.69) is 10.2 Å². The van der Waals surface area contributed by atoms with E-state index in [1.807, 2.05) is 19.2 Å². The van der Waals surface area contributed by atoms with Gasteiger partial charge in [0, 0.05) is 24.8 Å². The number of halogens is 1. The molecule has 18 heavy (non-hydrogen) atoms. The summed E-state index contributed by atoms with van der Waals surface area (Å²) in [6.07, 6.45) is 2.35. The highest BCUT2D eigenvalue weighted by Crippen LogP contribution is 2.25. The predicted molar refractivity (Wildman–Crippen MR) is 74.3 cm³/mol. The van der Waals surface area contributed by atoms with Crippen LogP contribution in [0, 0.1) is 0 Å². The molecule has 2 rings (SSSR count). The van der Waals surface area contributed by atoms with Gasteiger partial charge in [0.05, 0.1) is 10.6 Å². The van der Waals surface area contributed by atoms with Crippen LogP contribution in [0.2, 0.25) is 5.02 Å². The Kier molecular flexibility index (Phi) is 4.09. The van der Waals surface area contributed by atoms with Crippen molar-refractivity contribution in [2.24, 2.45) is 5.73 Å². The lowest BCUT2D eigenvalue weighted by Crippen LogP contribution is -2.44. The highest BCUT2D eigenvalue weighted by molar-refractivity contribution is 6.34. The Bertz CT molecular complexity index is 450. The van der Waals surface area contributed by atoms with E-state index in [4.69, 9.17) is 17.3 Å². The van der Waals surface area contributed by atoms with Gasteiger partial charge in [0.1, 0.15) is 0 Å². The quantitative estimate of drug-likeness (QED) is 0.875. The monoisotopic (exact) mass is 267 g/mol. The molecule has 4 nitrogen and oxygen atoms in total. The molecular weight excluding hydrogens is 250 g/mol. The van der Waals surface area contributed by atoms with Crippen LogP contribution in [-0.2, 0) is 0 Å². The van der Waals surface area contributed by atoms with Gasteiger partial charge in [-0.05, 0) is 38.1 Å². The molecule has 1 fully saturated rings. The Morgan fingerprint density at radius 2 is 2.33 bits per heavy atom. The van der Waals surface area contributed by atoms with Gasteiger partial charge in [-0.15, -0.1) is 0 Å². The minimum absolute atomic E-state index is 0.377. The molecular formula is C13H18ClN3O. The molecule has 1 aliphatic rings. The number of nitrogens with zero attached hydrogens (tertiary/aromatic N) is 1. The van der Waals surface area contributed by atoms with Crippen LogP contribution >= 0.6 is 11.6 Å². The third-order valence-electron chi connectivity index (χ3n) is 3.41. The number of nitrogens with two attached hydrogens (primary N) is 1. The molecule has 0 saturated carbocycles. The molecule has 1 aromatic carbocycles. The van der Waals surface area contributed by atoms with Gasteiger partial charge in [0.2, 0.25) is 5.91 Å². The molecule has 1 atom stereocenters. The van der Waals surface area contributed by atoms with Gasteiger partial charge in [-0.2, -0.15) is 0 Å². The largest absolute Gasteiger partial charge is 0.370 e. The first-order valence-corrected chi connectivity index (χ1v) is 6.51. The van der Waals surface area contributed by atoms with Crippen LogP contribution in [0.4, 0.5) is 5.69 Å². The van der Waals surface area contributed by atoms with Crippen molar-refractivity contribution < 1.29 is 4.79 Å². The molecule has 0 aromatic heterocycles. The predicted octanol–water partition coefficient (Wildman–Crippen LogP) is 1.63. The Labute approximate surface area is 112 Å². The lowest BCUT2D eigenvalue weighted by Gasteiger charge is -2.34. The van der Waals surface area contributed by atoms with Crippen molar-refractivity contribution in [3.63, 3.8) is 0 Å². The molecule has 1 saturated heterocycles. The molecule has 1 heterocycles. The number of carbonyl (C=O) groups excluding carboxylic acids is 1. The average Bonchev–Trinajstić information content (AvgIpc) is 2.38. The molecule has 1 aliphatic heterocycles. The van der Waals surface area contributed by atoms with Crippen molar-refractivity contribution in [1.29, 1.82) is 0 Å². The standard InChI is InChI=1S/C13H18ClN3O/c1-16-9-3-2-6-17(8-9)10-4-5-11(13(15)18)12(14)7-10/h4-5,7,9,16H,2-3,6,8H2,1H3,(H2,15,18). The number of hydrogen-bond acceptors (Lipinski definition) is 3. The van der Waals surface area contributed by atoms with Gasteiger partial charge >= 0.3 is 0 Å². The summed E-state index contributed by atoms with van der Waals surface area (Å²) in [6.45, 7) is 1.98. The minimum Gasteiger partial charge on any atom is -0.370 e. The number of anilines is 1. The Hall–Kier alpha value is -1.26. The van der Waals surface area contributed by atoms with E-state index in [-0.39, 0.29) is 0 Å². The lowest BCUT2D eigenvalue weighted by molar-refractivity contribution is 0.100. The number of rotatable bonds is 3. The number of piperidine rings is 1. The maximum absolute atomic E-state index is 11.1. The van der Waals surface area contributed by atoms with Crippen molar-refractivity contribution in [3.8, 4) is 0 Å². The van der Waals surface area contributed by atoms with Crippen molar-refractivity contribution in [2.45, 2.75) is 18.9 Å². The first-order chi connectivity index (χ1) is 8.61. The molecule has 1 amide bonds. The van der Waals surface area contributed by atoms with Crippen molar-refractivity contribution in [1.82, 2.24) is 5.32 Å². The lowest BCUT2D eigenvalue weighted by atomic mass is 10.0. The highest BCUT2D eigenvalue weighted by atomic mass is 35.5. The van der Waals surface area contributed by atoms with Crippen LogP contribution in [0.25, 0.3) is 0 Å². The molecule has 0 spiro atoms. The van der Waals surface area contributed by atoms with E-state index < -0.39 is 5.91 Å². The zero-order valence-corrected chi connectivity index (χ0v) is 11.2. The van der Waals surface area contributed by atoms with Crippen molar-refractivity contribution in [2.75, 3.05) is 25.0 Å². The van der Waals surface area contributed by atoms with E-state index in [9.17, 15) is 4.79 Å². The number of nitrogens with one attached hydrogen (secondary N) is 1. The highest BCUT2D eigenvalue weighted by Gasteiger charge is 2.19. The number of amides is 1. The third kappa shape index (κ3) is 2.76. The topological polar surface area (TPSA) is 58.4 Å². The maximum atomic E-state index is 11.1. The van der Waals surface area contributed by atoms with Crippen LogP contribution in [0.3, 0.4) is 0 Å². The fraction of sp³-hybridized carbons (Fsp3) is 0.462. The second-order valence-electron chi connectivity index (χ2n) is 4.60. The molecule has 0 radical (unpaired) electrons. The van der Waals surface area contributed by atoms with Crippen LogP contribution in [-0.4, -0.2) is 32.1 Å². The second-order valence-corrected chi connectivity index (χ2v) is 5.01. The maximum Gasteiger partial charge on any atom is 0.250 e. The van der Waals surface area contributed by atoms with Crippen LogP contribution in [0.1, 0.15) is 23.2 Å². The summed E-state index contributed by atoms with van der Waals surface area (Å²) >= 11 is 6.07. The zero-order valence-electron chi connectivity index (χ0n) is 10.4. The Balaban J connectivity index is 2.18. The molecule has 5 heteroatoms. The second kappa shape index (κ2) is 5.59. The number of benzene rings is 1. The summed E-state index contributed by atoms with van der Waals surface area (Å²) < 4.78 is 0. The summed E-state index contributed by atoms with van der Waals surface area (Å²) in [7, 11) is 1.98. The summed E-state index contributed by atoms with van der Waals surface area (Å²) in [5.41, 5.74) is 6.66. The number of hydrogen-bond donors (Lipinski definition) is 2. The minimum atomic E-state index is -0.488. The summed E-state index contributed by atoms with van der Waals surface area (Å²) in [5, 5.41) is 3.72. The van der Waals surface area contributed by atoms with Crippen molar-refractivity contribution >= 4 is 23.2 Å². The SMILES string of the molecule is CNC1CCCN(c2ccc(C(N)=O)c(Cl)c2)C1. The number of primary amides is 1. The Morgan fingerprint density at radius 3 is 2.94 bits per heavy atom. The summed E-state index contributed by atoms with van der Waals surface area (Å²) in [5.74, 6) is -0.488. The van der Waals surface area contributed by atoms with E-state index in [1.165, 1.54) is 6.42 Å². The van der Waals surface area contributed by atoms with Crippen LogP contribution < -0.4 is 16.0 Å². The average molecular weight is 268 g/mol. The molecule has 0 aliphatic carbocycles. The van der Waals surface area contributed by atoms with Gasteiger partial charge < -0.3 is 16.0 Å².